The molecule has 1 aromatic heterocycles. The third kappa shape index (κ3) is 5.66. The van der Waals surface area contributed by atoms with Crippen molar-refractivity contribution in [1.29, 1.82) is 0 Å². The van der Waals surface area contributed by atoms with Gasteiger partial charge in [0.15, 0.2) is 11.5 Å². The average molecular weight is 408 g/mol. The summed E-state index contributed by atoms with van der Waals surface area (Å²) in [6, 6.07) is 6.89. The number of hydrogen-bond donors (Lipinski definition) is 1. The van der Waals surface area contributed by atoms with E-state index in [0.29, 0.717) is 18.4 Å². The average Bonchev–Trinajstić information content (AvgIpc) is 3.33. The lowest BCUT2D eigenvalue weighted by Gasteiger charge is -2.19. The van der Waals surface area contributed by atoms with Crippen molar-refractivity contribution in [1.82, 2.24) is 14.7 Å². The number of alkyl halides is 2. The van der Waals surface area contributed by atoms with Crippen LogP contribution in [-0.2, 0) is 11.3 Å². The Hall–Kier alpha value is -2.68. The van der Waals surface area contributed by atoms with Gasteiger partial charge in [0, 0.05) is 12.6 Å². The molecular weight excluding hydrogens is 382 g/mol. The minimum absolute atomic E-state index is 0.0215. The van der Waals surface area contributed by atoms with Gasteiger partial charge in [-0.3, -0.25) is 9.69 Å². The van der Waals surface area contributed by atoms with Crippen molar-refractivity contribution in [3.63, 3.8) is 0 Å². The van der Waals surface area contributed by atoms with E-state index in [0.717, 1.165) is 18.4 Å². The summed E-state index contributed by atoms with van der Waals surface area (Å²) >= 11 is 0. The fraction of sp³-hybridized carbons (Fsp3) is 0.500. The van der Waals surface area contributed by atoms with Gasteiger partial charge in [-0.05, 0) is 37.6 Å². The predicted molar refractivity (Wildman–Crippen MR) is 104 cm³/mol. The van der Waals surface area contributed by atoms with Crippen LogP contribution in [0.5, 0.6) is 11.5 Å². The molecule has 0 saturated heterocycles. The Labute approximate surface area is 168 Å². The number of halogens is 2. The molecule has 1 aromatic carbocycles. The van der Waals surface area contributed by atoms with E-state index in [1.54, 1.807) is 18.3 Å². The molecule has 1 amide bonds. The summed E-state index contributed by atoms with van der Waals surface area (Å²) in [6.45, 7) is -2.30. The molecule has 158 valence electrons. The normalized spacial score (nSPS) is 14.6. The number of carbonyl (C=O) groups excluding carboxylic acids is 1. The molecule has 0 atom stereocenters. The Morgan fingerprint density at radius 3 is 2.76 bits per heavy atom. The van der Waals surface area contributed by atoms with Crippen LogP contribution in [0.15, 0.2) is 30.5 Å². The first-order valence-corrected chi connectivity index (χ1v) is 9.60. The lowest BCUT2D eigenvalue weighted by atomic mass is 10.2. The summed E-state index contributed by atoms with van der Waals surface area (Å²) in [6.07, 6.45) is 6.23. The van der Waals surface area contributed by atoms with Crippen LogP contribution in [0.1, 0.15) is 37.3 Å². The quantitative estimate of drug-likeness (QED) is 0.686. The van der Waals surface area contributed by atoms with Crippen molar-refractivity contribution in [2.75, 3.05) is 26.0 Å². The maximum Gasteiger partial charge on any atom is 0.387 e. The Morgan fingerprint density at radius 2 is 2.07 bits per heavy atom. The number of rotatable bonds is 9. The number of nitrogens with zero attached hydrogens (tertiary/aromatic N) is 3. The molecule has 1 saturated carbocycles. The number of benzene rings is 1. The van der Waals surface area contributed by atoms with E-state index >= 15 is 0 Å². The van der Waals surface area contributed by atoms with Crippen LogP contribution in [0.4, 0.5) is 14.6 Å². The van der Waals surface area contributed by atoms with Crippen molar-refractivity contribution in [2.45, 2.75) is 44.9 Å². The highest BCUT2D eigenvalue weighted by Gasteiger charge is 2.21. The van der Waals surface area contributed by atoms with Gasteiger partial charge in [0.05, 0.1) is 25.9 Å². The number of likely N-dealkylation sites (N-methyl/N-ethyl adjacent to an activating group) is 1. The van der Waals surface area contributed by atoms with Gasteiger partial charge in [0.25, 0.3) is 0 Å². The Morgan fingerprint density at radius 1 is 1.31 bits per heavy atom. The van der Waals surface area contributed by atoms with Crippen molar-refractivity contribution in [3.05, 3.63) is 36.0 Å². The van der Waals surface area contributed by atoms with Gasteiger partial charge >= 0.3 is 6.61 Å². The number of aromatic nitrogens is 2. The summed E-state index contributed by atoms with van der Waals surface area (Å²) in [5, 5.41) is 7.28. The lowest BCUT2D eigenvalue weighted by Crippen LogP contribution is -2.30. The molecular formula is C20H26F2N4O3. The van der Waals surface area contributed by atoms with Crippen molar-refractivity contribution in [2.24, 2.45) is 0 Å². The van der Waals surface area contributed by atoms with Gasteiger partial charge in [-0.25, -0.2) is 4.68 Å². The molecule has 2 aromatic rings. The van der Waals surface area contributed by atoms with Gasteiger partial charge in [-0.15, -0.1) is 0 Å². The number of methoxy groups -OCH3 is 1. The lowest BCUT2D eigenvalue weighted by molar-refractivity contribution is -0.117. The van der Waals surface area contributed by atoms with Crippen LogP contribution in [-0.4, -0.2) is 47.9 Å². The van der Waals surface area contributed by atoms with Crippen LogP contribution in [0, 0.1) is 0 Å². The first-order chi connectivity index (χ1) is 14.0. The van der Waals surface area contributed by atoms with Crippen LogP contribution in [0.3, 0.4) is 0 Å². The SMILES string of the molecule is COc1cc(CN(C)CC(=O)Nc2ccnn2C2CCCC2)ccc1OC(F)F. The molecule has 1 fully saturated rings. The maximum absolute atomic E-state index is 12.5. The van der Waals surface area contributed by atoms with E-state index in [9.17, 15) is 13.6 Å². The number of hydrogen-bond acceptors (Lipinski definition) is 5. The fourth-order valence-corrected chi connectivity index (χ4v) is 3.65. The molecule has 9 heteroatoms. The van der Waals surface area contributed by atoms with E-state index in [1.165, 1.54) is 26.0 Å². The molecule has 0 spiro atoms. The maximum atomic E-state index is 12.5. The van der Waals surface area contributed by atoms with Crippen LogP contribution in [0.25, 0.3) is 0 Å². The highest BCUT2D eigenvalue weighted by Crippen LogP contribution is 2.31. The van der Waals surface area contributed by atoms with E-state index in [-0.39, 0.29) is 24.0 Å². The summed E-state index contributed by atoms with van der Waals surface area (Å²) in [5.41, 5.74) is 0.815. The third-order valence-electron chi connectivity index (χ3n) is 4.92. The molecule has 1 heterocycles. The van der Waals surface area contributed by atoms with E-state index in [4.69, 9.17) is 4.74 Å². The highest BCUT2D eigenvalue weighted by molar-refractivity contribution is 5.91. The number of amides is 1. The zero-order chi connectivity index (χ0) is 20.8. The topological polar surface area (TPSA) is 68.6 Å². The van der Waals surface area contributed by atoms with E-state index in [1.807, 2.05) is 22.7 Å². The van der Waals surface area contributed by atoms with Gasteiger partial charge in [-0.2, -0.15) is 13.9 Å². The van der Waals surface area contributed by atoms with Crippen LogP contribution in [0.2, 0.25) is 0 Å². The minimum Gasteiger partial charge on any atom is -0.493 e. The zero-order valence-electron chi connectivity index (χ0n) is 16.6. The molecule has 1 aliphatic carbocycles. The third-order valence-corrected chi connectivity index (χ3v) is 4.92. The number of nitrogens with one attached hydrogen (secondary N) is 1. The van der Waals surface area contributed by atoms with Gasteiger partial charge in [0.2, 0.25) is 5.91 Å². The fourth-order valence-electron chi connectivity index (χ4n) is 3.65. The van der Waals surface area contributed by atoms with Crippen LogP contribution < -0.4 is 14.8 Å². The summed E-state index contributed by atoms with van der Waals surface area (Å²) in [7, 11) is 3.20. The minimum atomic E-state index is -2.92. The monoisotopic (exact) mass is 408 g/mol. The Balaban J connectivity index is 1.56. The number of carbonyl (C=O) groups is 1. The molecule has 3 rings (SSSR count). The second-order valence-electron chi connectivity index (χ2n) is 7.18. The van der Waals surface area contributed by atoms with Crippen molar-refractivity contribution >= 4 is 11.7 Å². The predicted octanol–water partition coefficient (Wildman–Crippen LogP) is 3.68. The molecule has 1 N–H and O–H groups in total. The van der Waals surface area contributed by atoms with Crippen molar-refractivity contribution in [3.8, 4) is 11.5 Å². The summed E-state index contributed by atoms with van der Waals surface area (Å²) in [4.78, 5) is 14.3. The Bertz CT molecular complexity index is 822. The smallest absolute Gasteiger partial charge is 0.387 e. The largest absolute Gasteiger partial charge is 0.493 e. The zero-order valence-corrected chi connectivity index (χ0v) is 16.6. The van der Waals surface area contributed by atoms with Gasteiger partial charge in [0.1, 0.15) is 5.82 Å². The van der Waals surface area contributed by atoms with E-state index < -0.39 is 6.61 Å². The second-order valence-corrected chi connectivity index (χ2v) is 7.18. The molecule has 7 nitrogen and oxygen atoms in total. The number of ether oxygens (including phenoxy) is 2. The highest BCUT2D eigenvalue weighted by atomic mass is 19.3. The second kappa shape index (κ2) is 9.69. The molecule has 0 aliphatic heterocycles. The van der Waals surface area contributed by atoms with Crippen LogP contribution >= 0.6 is 0 Å². The number of anilines is 1. The Kier molecular flexibility index (Phi) is 7.03. The molecule has 1 aliphatic rings. The first kappa shape index (κ1) is 21.0. The van der Waals surface area contributed by atoms with E-state index in [2.05, 4.69) is 15.2 Å². The molecule has 0 unspecified atom stereocenters. The first-order valence-electron chi connectivity index (χ1n) is 9.60. The summed E-state index contributed by atoms with van der Waals surface area (Å²) in [5.74, 6) is 0.773. The molecule has 0 bridgehead atoms. The standard InChI is InChI=1S/C20H26F2N4O3/c1-25(12-14-7-8-16(29-20(21)22)17(11-14)28-2)13-19(27)24-18-9-10-23-26(18)15-5-3-4-6-15/h7-11,15,20H,3-6,12-13H2,1-2H3,(H,24,27). The van der Waals surface area contributed by atoms with Gasteiger partial charge < -0.3 is 14.8 Å². The molecule has 0 radical (unpaired) electrons. The van der Waals surface area contributed by atoms with Crippen molar-refractivity contribution < 1.29 is 23.0 Å². The summed E-state index contributed by atoms with van der Waals surface area (Å²) < 4.78 is 36.3. The van der Waals surface area contributed by atoms with Gasteiger partial charge in [-0.1, -0.05) is 18.9 Å². The molecule has 29 heavy (non-hydrogen) atoms.